The van der Waals surface area contributed by atoms with Gasteiger partial charge in [0.1, 0.15) is 5.75 Å². The van der Waals surface area contributed by atoms with Gasteiger partial charge in [-0.3, -0.25) is 9.69 Å². The third-order valence-corrected chi connectivity index (χ3v) is 3.89. The van der Waals surface area contributed by atoms with Crippen LogP contribution in [-0.4, -0.2) is 54.2 Å². The molecule has 0 bridgehead atoms. The van der Waals surface area contributed by atoms with Crippen LogP contribution in [0.2, 0.25) is 0 Å². The van der Waals surface area contributed by atoms with E-state index >= 15 is 0 Å². The molecule has 1 heterocycles. The number of carbonyl (C=O) groups is 1. The van der Waals surface area contributed by atoms with Crippen LogP contribution in [0.25, 0.3) is 0 Å². The van der Waals surface area contributed by atoms with Crippen molar-refractivity contribution in [2.75, 3.05) is 31.1 Å². The van der Waals surface area contributed by atoms with Crippen LogP contribution in [-0.2, 0) is 4.79 Å². The fourth-order valence-corrected chi connectivity index (χ4v) is 2.65. The Bertz CT molecular complexity index is 482. The van der Waals surface area contributed by atoms with Crippen molar-refractivity contribution in [1.29, 1.82) is 0 Å². The minimum atomic E-state index is -0.112. The lowest BCUT2D eigenvalue weighted by atomic mass is 10.2. The monoisotopic (exact) mass is 291 g/mol. The number of phenolic OH excluding ortho intramolecular Hbond substituents is 1. The number of carbonyl (C=O) groups excluding carboxylic acids is 1. The molecular weight excluding hydrogens is 266 g/mol. The van der Waals surface area contributed by atoms with Crippen LogP contribution in [0.3, 0.4) is 0 Å². The highest BCUT2D eigenvalue weighted by Gasteiger charge is 2.26. The summed E-state index contributed by atoms with van der Waals surface area (Å²) < 4.78 is 0. The summed E-state index contributed by atoms with van der Waals surface area (Å²) in [5.74, 6) is 0.401. The smallest absolute Gasteiger partial charge is 0.237 e. The van der Waals surface area contributed by atoms with Gasteiger partial charge < -0.3 is 15.3 Å². The highest BCUT2D eigenvalue weighted by Crippen LogP contribution is 2.27. The van der Waals surface area contributed by atoms with Gasteiger partial charge in [-0.05, 0) is 32.9 Å². The van der Waals surface area contributed by atoms with E-state index in [4.69, 9.17) is 0 Å². The minimum Gasteiger partial charge on any atom is -0.506 e. The van der Waals surface area contributed by atoms with E-state index in [2.05, 4.69) is 15.1 Å². The lowest BCUT2D eigenvalue weighted by molar-refractivity contribution is -0.126. The molecule has 0 aliphatic carbocycles. The molecule has 1 aromatic rings. The van der Waals surface area contributed by atoms with Crippen LogP contribution in [0.5, 0.6) is 5.75 Å². The van der Waals surface area contributed by atoms with E-state index in [0.29, 0.717) is 5.75 Å². The minimum absolute atomic E-state index is 0.0843. The molecule has 2 N–H and O–H groups in total. The quantitative estimate of drug-likeness (QED) is 0.881. The summed E-state index contributed by atoms with van der Waals surface area (Å²) in [4.78, 5) is 16.4. The Morgan fingerprint density at radius 1 is 1.14 bits per heavy atom. The zero-order chi connectivity index (χ0) is 15.4. The van der Waals surface area contributed by atoms with Crippen molar-refractivity contribution in [3.05, 3.63) is 24.3 Å². The van der Waals surface area contributed by atoms with Crippen molar-refractivity contribution in [2.45, 2.75) is 32.9 Å². The molecule has 0 spiro atoms. The highest BCUT2D eigenvalue weighted by molar-refractivity contribution is 5.81. The predicted molar refractivity (Wildman–Crippen MR) is 84.6 cm³/mol. The summed E-state index contributed by atoms with van der Waals surface area (Å²) in [5.41, 5.74) is 0.872. The number of rotatable bonds is 4. The number of benzene rings is 1. The number of amides is 1. The second-order valence-electron chi connectivity index (χ2n) is 5.85. The second kappa shape index (κ2) is 6.80. The van der Waals surface area contributed by atoms with E-state index < -0.39 is 0 Å². The van der Waals surface area contributed by atoms with Crippen LogP contribution >= 0.6 is 0 Å². The van der Waals surface area contributed by atoms with Crippen LogP contribution in [0.1, 0.15) is 20.8 Å². The molecular formula is C16H25N3O2. The van der Waals surface area contributed by atoms with E-state index in [9.17, 15) is 9.90 Å². The number of nitrogens with one attached hydrogen (secondary N) is 1. The number of piperazine rings is 1. The normalized spacial score (nSPS) is 17.8. The SMILES string of the molecule is CC(C)NC(=O)[C@@H](C)N1CCN(c2ccccc2O)CC1. The molecule has 1 saturated heterocycles. The van der Waals surface area contributed by atoms with E-state index in [1.54, 1.807) is 6.07 Å². The first-order valence-electron chi connectivity index (χ1n) is 7.56. The third-order valence-electron chi connectivity index (χ3n) is 3.89. The number of para-hydroxylation sites is 2. The molecule has 2 rings (SSSR count). The van der Waals surface area contributed by atoms with Crippen LogP contribution in [0, 0.1) is 0 Å². The average molecular weight is 291 g/mol. The molecule has 21 heavy (non-hydrogen) atoms. The van der Waals surface area contributed by atoms with Gasteiger partial charge in [-0.1, -0.05) is 12.1 Å². The van der Waals surface area contributed by atoms with Gasteiger partial charge >= 0.3 is 0 Å². The topological polar surface area (TPSA) is 55.8 Å². The van der Waals surface area contributed by atoms with Gasteiger partial charge in [-0.25, -0.2) is 0 Å². The molecule has 5 heteroatoms. The van der Waals surface area contributed by atoms with Crippen molar-refractivity contribution < 1.29 is 9.90 Å². The van der Waals surface area contributed by atoms with Crippen LogP contribution in [0.4, 0.5) is 5.69 Å². The van der Waals surface area contributed by atoms with Gasteiger partial charge in [0.15, 0.2) is 0 Å². The molecule has 5 nitrogen and oxygen atoms in total. The first kappa shape index (κ1) is 15.6. The summed E-state index contributed by atoms with van der Waals surface area (Å²) in [6.45, 7) is 9.17. The van der Waals surface area contributed by atoms with Gasteiger partial charge in [0, 0.05) is 32.2 Å². The van der Waals surface area contributed by atoms with E-state index in [-0.39, 0.29) is 18.0 Å². The van der Waals surface area contributed by atoms with Gasteiger partial charge in [-0.2, -0.15) is 0 Å². The largest absolute Gasteiger partial charge is 0.506 e. The number of nitrogens with zero attached hydrogens (tertiary/aromatic N) is 2. The highest BCUT2D eigenvalue weighted by atomic mass is 16.3. The molecule has 0 unspecified atom stereocenters. The number of anilines is 1. The number of hydrogen-bond donors (Lipinski definition) is 2. The Morgan fingerprint density at radius 2 is 1.76 bits per heavy atom. The Morgan fingerprint density at radius 3 is 2.33 bits per heavy atom. The first-order valence-corrected chi connectivity index (χ1v) is 7.56. The van der Waals surface area contributed by atoms with Gasteiger partial charge in [0.25, 0.3) is 0 Å². The Kier molecular flexibility index (Phi) is 5.07. The lowest BCUT2D eigenvalue weighted by Crippen LogP contribution is -2.54. The third kappa shape index (κ3) is 3.88. The van der Waals surface area contributed by atoms with E-state index in [1.165, 1.54) is 0 Å². The molecule has 1 fully saturated rings. The fraction of sp³-hybridized carbons (Fsp3) is 0.562. The molecule has 1 atom stereocenters. The first-order chi connectivity index (χ1) is 9.99. The van der Waals surface area contributed by atoms with Gasteiger partial charge in [0.2, 0.25) is 5.91 Å². The van der Waals surface area contributed by atoms with Crippen molar-refractivity contribution in [3.8, 4) is 5.75 Å². The Hall–Kier alpha value is -1.75. The summed E-state index contributed by atoms with van der Waals surface area (Å²) in [6, 6.07) is 7.45. The maximum atomic E-state index is 12.1. The predicted octanol–water partition coefficient (Wildman–Crippen LogP) is 1.43. The van der Waals surface area contributed by atoms with Crippen molar-refractivity contribution >= 4 is 11.6 Å². The Balaban J connectivity index is 1.91. The Labute approximate surface area is 126 Å². The number of phenols is 1. The summed E-state index contributed by atoms with van der Waals surface area (Å²) in [7, 11) is 0. The average Bonchev–Trinajstić information content (AvgIpc) is 2.46. The van der Waals surface area contributed by atoms with Crippen molar-refractivity contribution in [2.24, 2.45) is 0 Å². The standard InChI is InChI=1S/C16H25N3O2/c1-12(2)17-16(21)13(3)18-8-10-19(11-9-18)14-6-4-5-7-15(14)20/h4-7,12-13,20H,8-11H2,1-3H3,(H,17,21)/t13-/m1/s1. The maximum Gasteiger partial charge on any atom is 0.237 e. The van der Waals surface area contributed by atoms with Gasteiger partial charge in [0.05, 0.1) is 11.7 Å². The van der Waals surface area contributed by atoms with Crippen LogP contribution < -0.4 is 10.2 Å². The van der Waals surface area contributed by atoms with Gasteiger partial charge in [-0.15, -0.1) is 0 Å². The zero-order valence-corrected chi connectivity index (χ0v) is 13.0. The molecule has 116 valence electrons. The molecule has 0 saturated carbocycles. The lowest BCUT2D eigenvalue weighted by Gasteiger charge is -2.38. The molecule has 0 radical (unpaired) electrons. The zero-order valence-electron chi connectivity index (χ0n) is 13.0. The number of aromatic hydroxyl groups is 1. The molecule has 0 aromatic heterocycles. The fourth-order valence-electron chi connectivity index (χ4n) is 2.65. The van der Waals surface area contributed by atoms with Crippen LogP contribution in [0.15, 0.2) is 24.3 Å². The summed E-state index contributed by atoms with van der Waals surface area (Å²) in [5, 5.41) is 12.9. The van der Waals surface area contributed by atoms with Crippen molar-refractivity contribution in [3.63, 3.8) is 0 Å². The second-order valence-corrected chi connectivity index (χ2v) is 5.85. The maximum absolute atomic E-state index is 12.1. The molecule has 1 aliphatic heterocycles. The van der Waals surface area contributed by atoms with E-state index in [0.717, 1.165) is 31.9 Å². The molecule has 1 amide bonds. The number of hydrogen-bond acceptors (Lipinski definition) is 4. The molecule has 1 aromatic carbocycles. The van der Waals surface area contributed by atoms with E-state index in [1.807, 2.05) is 39.0 Å². The summed E-state index contributed by atoms with van der Waals surface area (Å²) >= 11 is 0. The summed E-state index contributed by atoms with van der Waals surface area (Å²) in [6.07, 6.45) is 0. The van der Waals surface area contributed by atoms with Crippen molar-refractivity contribution in [1.82, 2.24) is 10.2 Å². The molecule has 1 aliphatic rings.